The van der Waals surface area contributed by atoms with Crippen LogP contribution in [-0.2, 0) is 14.2 Å². The second-order valence-corrected chi connectivity index (χ2v) is 9.83. The third-order valence-corrected chi connectivity index (χ3v) is 6.37. The Hall–Kier alpha value is -1.79. The van der Waals surface area contributed by atoms with Gasteiger partial charge in [-0.25, -0.2) is 4.79 Å². The number of ether oxygens (including phenoxy) is 3. The Bertz CT molecular complexity index is 707. The zero-order valence-electron chi connectivity index (χ0n) is 21.6. The van der Waals surface area contributed by atoms with Crippen LogP contribution in [0.25, 0.3) is 0 Å². The van der Waals surface area contributed by atoms with Gasteiger partial charge in [0.25, 0.3) is 0 Å². The molecule has 1 aromatic rings. The zero-order chi connectivity index (χ0) is 24.1. The van der Waals surface area contributed by atoms with Crippen molar-refractivity contribution >= 4 is 11.8 Å². The number of benzene rings is 1. The molecule has 0 aromatic heterocycles. The number of carbonyl (C=O) groups is 1. The highest BCUT2D eigenvalue weighted by Gasteiger charge is 2.36. The number of aryl methyl sites for hydroxylation is 1. The molecule has 1 N–H and O–H groups in total. The molecule has 0 bridgehead atoms. The van der Waals surface area contributed by atoms with Crippen LogP contribution >= 0.6 is 0 Å². The van der Waals surface area contributed by atoms with Crippen molar-refractivity contribution in [2.75, 3.05) is 51.0 Å². The molecule has 0 radical (unpaired) electrons. The molecule has 1 unspecified atom stereocenters. The van der Waals surface area contributed by atoms with Crippen LogP contribution in [0.5, 0.6) is 0 Å². The summed E-state index contributed by atoms with van der Waals surface area (Å²) in [6.07, 6.45) is 6.90. The summed E-state index contributed by atoms with van der Waals surface area (Å²) in [5, 5.41) is 2.76. The van der Waals surface area contributed by atoms with Crippen LogP contribution in [-0.4, -0.2) is 57.8 Å². The number of carbonyl (C=O) groups excluding carboxylic acids is 1. The van der Waals surface area contributed by atoms with E-state index in [-0.39, 0.29) is 5.54 Å². The topological polar surface area (TPSA) is 60.0 Å². The Kier molecular flexibility index (Phi) is 12.0. The summed E-state index contributed by atoms with van der Waals surface area (Å²) in [4.78, 5) is 14.4. The van der Waals surface area contributed by atoms with E-state index in [2.05, 4.69) is 63.0 Å². The number of unbranched alkanes of at least 4 members (excludes halogenated alkanes) is 4. The van der Waals surface area contributed by atoms with Gasteiger partial charge in [-0.1, -0.05) is 51.7 Å². The van der Waals surface area contributed by atoms with Gasteiger partial charge in [0.2, 0.25) is 0 Å². The van der Waals surface area contributed by atoms with Crippen molar-refractivity contribution in [2.24, 2.45) is 0 Å². The van der Waals surface area contributed by atoms with E-state index in [1.807, 2.05) is 0 Å². The van der Waals surface area contributed by atoms with Crippen LogP contribution in [0.1, 0.15) is 83.3 Å². The molecule has 0 saturated heterocycles. The molecule has 33 heavy (non-hydrogen) atoms. The highest BCUT2D eigenvalue weighted by Crippen LogP contribution is 2.43. The number of alkyl carbamates (subject to hydrolysis) is 1. The van der Waals surface area contributed by atoms with Crippen molar-refractivity contribution in [1.29, 1.82) is 0 Å². The lowest BCUT2D eigenvalue weighted by molar-refractivity contribution is 0.0469. The monoisotopic (exact) mass is 462 g/mol. The van der Waals surface area contributed by atoms with Crippen molar-refractivity contribution in [2.45, 2.75) is 84.6 Å². The van der Waals surface area contributed by atoms with Gasteiger partial charge in [-0.2, -0.15) is 0 Å². The third kappa shape index (κ3) is 9.54. The summed E-state index contributed by atoms with van der Waals surface area (Å²) in [5.74, 6) is 0.521. The summed E-state index contributed by atoms with van der Waals surface area (Å²) in [5.41, 5.74) is 3.91. The maximum absolute atomic E-state index is 12.0. The molecule has 0 saturated carbocycles. The maximum atomic E-state index is 12.0. The molecule has 1 aromatic carbocycles. The fourth-order valence-corrected chi connectivity index (χ4v) is 4.66. The number of nitrogens with zero attached hydrogens (tertiary/aromatic N) is 1. The largest absolute Gasteiger partial charge is 0.448 e. The Morgan fingerprint density at radius 1 is 1.06 bits per heavy atom. The van der Waals surface area contributed by atoms with E-state index in [0.717, 1.165) is 19.4 Å². The summed E-state index contributed by atoms with van der Waals surface area (Å²) in [7, 11) is 0. The van der Waals surface area contributed by atoms with E-state index in [0.29, 0.717) is 45.4 Å². The van der Waals surface area contributed by atoms with Gasteiger partial charge >= 0.3 is 6.09 Å². The summed E-state index contributed by atoms with van der Waals surface area (Å²) in [6.45, 7) is 15.0. The molecule has 1 heterocycles. The van der Waals surface area contributed by atoms with Crippen molar-refractivity contribution in [3.05, 3.63) is 29.3 Å². The number of hydrogen-bond acceptors (Lipinski definition) is 5. The second kappa shape index (κ2) is 14.5. The minimum absolute atomic E-state index is 0.0193. The second-order valence-electron chi connectivity index (χ2n) is 9.83. The summed E-state index contributed by atoms with van der Waals surface area (Å²) >= 11 is 0. The fourth-order valence-electron chi connectivity index (χ4n) is 4.66. The molecule has 6 nitrogen and oxygen atoms in total. The van der Waals surface area contributed by atoms with E-state index >= 15 is 0 Å². The Morgan fingerprint density at radius 2 is 1.79 bits per heavy atom. The summed E-state index contributed by atoms with van der Waals surface area (Å²) < 4.78 is 16.5. The van der Waals surface area contributed by atoms with E-state index in [4.69, 9.17) is 14.2 Å². The van der Waals surface area contributed by atoms with E-state index in [1.54, 1.807) is 0 Å². The van der Waals surface area contributed by atoms with Gasteiger partial charge in [0.05, 0.1) is 26.4 Å². The molecule has 0 spiro atoms. The smallest absolute Gasteiger partial charge is 0.407 e. The molecule has 1 aliphatic rings. The van der Waals surface area contributed by atoms with E-state index in [1.165, 1.54) is 42.5 Å². The Morgan fingerprint density at radius 3 is 2.55 bits per heavy atom. The third-order valence-electron chi connectivity index (χ3n) is 6.37. The lowest BCUT2D eigenvalue weighted by atomic mass is 9.80. The van der Waals surface area contributed by atoms with Gasteiger partial charge in [-0.15, -0.1) is 0 Å². The van der Waals surface area contributed by atoms with Gasteiger partial charge in [0.1, 0.15) is 6.61 Å². The molecular formula is C27H46N2O4. The SMILES string of the molecule is CCCCCCCOCCOCCNC(=O)OCCN1c2cc(C)ccc2C(C)CC1(C)C. The standard InChI is InChI=1S/C27H46N2O4/c1-6-7-8-9-10-15-31-18-19-32-16-13-28-26(30)33-17-14-29-25-20-22(2)11-12-24(25)23(3)21-27(29,4)5/h11-12,20,23H,6-10,13-19,21H2,1-5H3,(H,28,30). The number of nitrogens with one attached hydrogen (secondary N) is 1. The Labute approximate surface area is 201 Å². The maximum Gasteiger partial charge on any atom is 0.407 e. The minimum Gasteiger partial charge on any atom is -0.448 e. The molecular weight excluding hydrogens is 416 g/mol. The van der Waals surface area contributed by atoms with Gasteiger partial charge in [-0.05, 0) is 56.7 Å². The number of amides is 1. The normalized spacial score (nSPS) is 17.0. The van der Waals surface area contributed by atoms with Crippen LogP contribution in [0.15, 0.2) is 18.2 Å². The fraction of sp³-hybridized carbons (Fsp3) is 0.741. The van der Waals surface area contributed by atoms with Crippen LogP contribution in [0, 0.1) is 6.92 Å². The predicted molar refractivity (Wildman–Crippen MR) is 135 cm³/mol. The average Bonchev–Trinajstić information content (AvgIpc) is 2.76. The average molecular weight is 463 g/mol. The zero-order valence-corrected chi connectivity index (χ0v) is 21.6. The van der Waals surface area contributed by atoms with E-state index in [9.17, 15) is 4.79 Å². The van der Waals surface area contributed by atoms with Gasteiger partial charge in [0.15, 0.2) is 0 Å². The molecule has 1 aliphatic heterocycles. The van der Waals surface area contributed by atoms with Gasteiger partial charge < -0.3 is 24.4 Å². The van der Waals surface area contributed by atoms with Crippen molar-refractivity contribution in [3.63, 3.8) is 0 Å². The van der Waals surface area contributed by atoms with E-state index < -0.39 is 6.09 Å². The summed E-state index contributed by atoms with van der Waals surface area (Å²) in [6, 6.07) is 6.67. The Balaban J connectivity index is 1.57. The van der Waals surface area contributed by atoms with Gasteiger partial charge in [-0.3, -0.25) is 0 Å². The van der Waals surface area contributed by atoms with Gasteiger partial charge in [0, 0.05) is 24.4 Å². The lowest BCUT2D eigenvalue weighted by Gasteiger charge is -2.47. The van der Waals surface area contributed by atoms with Crippen LogP contribution < -0.4 is 10.2 Å². The molecule has 6 heteroatoms. The molecule has 188 valence electrons. The first-order valence-electron chi connectivity index (χ1n) is 12.8. The first kappa shape index (κ1) is 27.5. The van der Waals surface area contributed by atoms with Crippen molar-refractivity contribution in [3.8, 4) is 0 Å². The first-order chi connectivity index (χ1) is 15.8. The molecule has 1 amide bonds. The number of hydrogen-bond donors (Lipinski definition) is 1. The van der Waals surface area contributed by atoms with Crippen LogP contribution in [0.4, 0.5) is 10.5 Å². The first-order valence-corrected chi connectivity index (χ1v) is 12.8. The molecule has 2 rings (SSSR count). The highest BCUT2D eigenvalue weighted by molar-refractivity contribution is 5.67. The van der Waals surface area contributed by atoms with Crippen LogP contribution in [0.3, 0.4) is 0 Å². The quantitative estimate of drug-likeness (QED) is 0.333. The van der Waals surface area contributed by atoms with Crippen LogP contribution in [0.2, 0.25) is 0 Å². The molecule has 0 aliphatic carbocycles. The predicted octanol–water partition coefficient (Wildman–Crippen LogP) is 5.82. The highest BCUT2D eigenvalue weighted by atomic mass is 16.5. The number of rotatable bonds is 15. The number of fused-ring (bicyclic) bond motifs is 1. The van der Waals surface area contributed by atoms with Crippen molar-refractivity contribution in [1.82, 2.24) is 5.32 Å². The number of anilines is 1. The minimum atomic E-state index is -0.394. The molecule has 0 fully saturated rings. The van der Waals surface area contributed by atoms with Crippen molar-refractivity contribution < 1.29 is 19.0 Å². The molecule has 1 atom stereocenters. The lowest BCUT2D eigenvalue weighted by Crippen LogP contribution is -2.50.